The number of hydrogen-bond donors (Lipinski definition) is 1. The first-order valence-electron chi connectivity index (χ1n) is 8.31. The van der Waals surface area contributed by atoms with Crippen LogP contribution in [0.3, 0.4) is 0 Å². The van der Waals surface area contributed by atoms with Gasteiger partial charge in [0, 0.05) is 18.4 Å². The number of aromatic nitrogens is 2. The second-order valence-electron chi connectivity index (χ2n) is 5.39. The van der Waals surface area contributed by atoms with E-state index in [1.807, 2.05) is 6.07 Å². The molecule has 1 aromatic carbocycles. The summed E-state index contributed by atoms with van der Waals surface area (Å²) in [5.74, 6) is -1.41. The number of nitrogens with zero attached hydrogens (tertiary/aromatic N) is 4. The van der Waals surface area contributed by atoms with Crippen LogP contribution in [-0.2, 0) is 9.53 Å². The lowest BCUT2D eigenvalue weighted by Gasteiger charge is -2.21. The summed E-state index contributed by atoms with van der Waals surface area (Å²) in [6, 6.07) is 7.41. The number of halogens is 1. The smallest absolute Gasteiger partial charge is 0.343 e. The minimum absolute atomic E-state index is 0.0268. The van der Waals surface area contributed by atoms with Gasteiger partial charge in [0.1, 0.15) is 17.2 Å². The number of esters is 1. The fourth-order valence-electron chi connectivity index (χ4n) is 2.20. The van der Waals surface area contributed by atoms with Gasteiger partial charge in [0.15, 0.2) is 5.16 Å². The summed E-state index contributed by atoms with van der Waals surface area (Å²) in [5, 5.41) is 9.03. The average Bonchev–Trinajstić information content (AvgIpc) is 2.68. The van der Waals surface area contributed by atoms with Crippen LogP contribution < -0.4 is 10.6 Å². The largest absolute Gasteiger partial charge is 0.462 e. The zero-order valence-corrected chi connectivity index (χ0v) is 15.9. The SMILES string of the molecule is CCOC(=O)c1cnc(SCC(=O)N(CCC#N)c2ccc(F)cc2)nc1N. The van der Waals surface area contributed by atoms with E-state index in [0.29, 0.717) is 5.69 Å². The molecule has 0 aliphatic rings. The molecule has 1 amide bonds. The van der Waals surface area contributed by atoms with E-state index >= 15 is 0 Å². The lowest BCUT2D eigenvalue weighted by atomic mass is 10.2. The molecule has 2 aromatic rings. The van der Waals surface area contributed by atoms with E-state index in [4.69, 9.17) is 15.7 Å². The lowest BCUT2D eigenvalue weighted by molar-refractivity contribution is -0.116. The first-order valence-corrected chi connectivity index (χ1v) is 9.30. The molecule has 0 bridgehead atoms. The maximum absolute atomic E-state index is 13.1. The minimum atomic E-state index is -0.619. The Kier molecular flexibility index (Phi) is 7.71. The van der Waals surface area contributed by atoms with Crippen molar-refractivity contribution in [3.8, 4) is 6.07 Å². The van der Waals surface area contributed by atoms with Crippen molar-refractivity contribution in [2.24, 2.45) is 0 Å². The Morgan fingerprint density at radius 2 is 2.07 bits per heavy atom. The molecule has 2 N–H and O–H groups in total. The zero-order valence-electron chi connectivity index (χ0n) is 15.1. The highest BCUT2D eigenvalue weighted by atomic mass is 32.2. The highest BCUT2D eigenvalue weighted by molar-refractivity contribution is 7.99. The number of benzene rings is 1. The fraction of sp³-hybridized carbons (Fsp3) is 0.278. The number of ether oxygens (including phenoxy) is 1. The van der Waals surface area contributed by atoms with E-state index in [9.17, 15) is 14.0 Å². The number of nitrogen functional groups attached to an aromatic ring is 1. The third kappa shape index (κ3) is 5.65. The summed E-state index contributed by atoms with van der Waals surface area (Å²) in [5.41, 5.74) is 6.30. The van der Waals surface area contributed by atoms with E-state index in [1.54, 1.807) is 6.92 Å². The van der Waals surface area contributed by atoms with Crippen LogP contribution in [0.5, 0.6) is 0 Å². The second-order valence-corrected chi connectivity index (χ2v) is 6.33. The van der Waals surface area contributed by atoms with Crippen LogP contribution in [0, 0.1) is 17.1 Å². The number of rotatable bonds is 8. The van der Waals surface area contributed by atoms with Crippen molar-refractivity contribution in [1.82, 2.24) is 9.97 Å². The Bertz CT molecular complexity index is 886. The highest BCUT2D eigenvalue weighted by Crippen LogP contribution is 2.21. The molecule has 0 atom stereocenters. The number of nitrogens with two attached hydrogens (primary N) is 1. The van der Waals surface area contributed by atoms with Crippen molar-refractivity contribution >= 4 is 35.1 Å². The number of hydrogen-bond acceptors (Lipinski definition) is 8. The molecule has 0 spiro atoms. The molecule has 0 aliphatic heterocycles. The molecule has 2 rings (SSSR count). The molecule has 0 fully saturated rings. The Morgan fingerprint density at radius 1 is 1.36 bits per heavy atom. The van der Waals surface area contributed by atoms with Crippen LogP contribution >= 0.6 is 11.8 Å². The van der Waals surface area contributed by atoms with Gasteiger partial charge < -0.3 is 15.4 Å². The Balaban J connectivity index is 2.07. The number of carbonyl (C=O) groups excluding carboxylic acids is 2. The quantitative estimate of drug-likeness (QED) is 0.405. The number of nitriles is 1. The van der Waals surface area contributed by atoms with E-state index in [0.717, 1.165) is 11.8 Å². The molecular weight excluding hydrogens is 385 g/mol. The molecule has 1 heterocycles. The van der Waals surface area contributed by atoms with E-state index in [2.05, 4.69) is 9.97 Å². The van der Waals surface area contributed by atoms with Crippen molar-refractivity contribution in [2.75, 3.05) is 29.5 Å². The topological polar surface area (TPSA) is 122 Å². The Hall–Kier alpha value is -3.19. The molecule has 0 unspecified atom stereocenters. The summed E-state index contributed by atoms with van der Waals surface area (Å²) >= 11 is 1.03. The Labute approximate surface area is 165 Å². The fourth-order valence-corrected chi connectivity index (χ4v) is 2.90. The van der Waals surface area contributed by atoms with Crippen LogP contribution in [-0.4, -0.2) is 40.7 Å². The maximum Gasteiger partial charge on any atom is 0.343 e. The third-order valence-electron chi connectivity index (χ3n) is 3.50. The molecule has 0 aliphatic carbocycles. The van der Waals surface area contributed by atoms with Crippen LogP contribution in [0.1, 0.15) is 23.7 Å². The molecule has 146 valence electrons. The maximum atomic E-state index is 13.1. The first kappa shape index (κ1) is 21.1. The monoisotopic (exact) mass is 403 g/mol. The molecule has 10 heteroatoms. The van der Waals surface area contributed by atoms with Gasteiger partial charge >= 0.3 is 5.97 Å². The molecule has 8 nitrogen and oxygen atoms in total. The van der Waals surface area contributed by atoms with Gasteiger partial charge in [0.05, 0.1) is 24.8 Å². The van der Waals surface area contributed by atoms with Gasteiger partial charge in [-0.05, 0) is 31.2 Å². The van der Waals surface area contributed by atoms with E-state index < -0.39 is 11.8 Å². The van der Waals surface area contributed by atoms with Crippen molar-refractivity contribution in [1.29, 1.82) is 5.26 Å². The predicted molar refractivity (Wildman–Crippen MR) is 102 cm³/mol. The van der Waals surface area contributed by atoms with E-state index in [-0.39, 0.29) is 47.8 Å². The normalized spacial score (nSPS) is 10.2. The first-order chi connectivity index (χ1) is 13.5. The van der Waals surface area contributed by atoms with Gasteiger partial charge in [0.25, 0.3) is 0 Å². The number of amides is 1. The standard InChI is InChI=1S/C18H18FN5O3S/c1-2-27-17(26)14-10-22-18(23-16(14)21)28-11-15(25)24(9-3-8-20)13-6-4-12(19)5-7-13/h4-7,10H,2-3,9,11H2,1H3,(H2,21,22,23). The van der Waals surface area contributed by atoms with Crippen molar-refractivity contribution in [3.05, 3.63) is 41.8 Å². The van der Waals surface area contributed by atoms with Crippen LogP contribution in [0.15, 0.2) is 35.6 Å². The summed E-state index contributed by atoms with van der Waals surface area (Å²) in [4.78, 5) is 33.7. The van der Waals surface area contributed by atoms with Crippen LogP contribution in [0.25, 0.3) is 0 Å². The molecule has 0 saturated carbocycles. The van der Waals surface area contributed by atoms with Gasteiger partial charge in [-0.25, -0.2) is 19.2 Å². The molecule has 1 aromatic heterocycles. The third-order valence-corrected chi connectivity index (χ3v) is 4.35. The van der Waals surface area contributed by atoms with Crippen molar-refractivity contribution in [2.45, 2.75) is 18.5 Å². The summed E-state index contributed by atoms with van der Waals surface area (Å²) in [6.07, 6.45) is 1.38. The molecule has 0 saturated heterocycles. The Morgan fingerprint density at radius 3 is 2.68 bits per heavy atom. The molecule has 28 heavy (non-hydrogen) atoms. The van der Waals surface area contributed by atoms with Gasteiger partial charge in [-0.1, -0.05) is 11.8 Å². The van der Waals surface area contributed by atoms with Crippen LogP contribution in [0.2, 0.25) is 0 Å². The molecular formula is C18H18FN5O3S. The van der Waals surface area contributed by atoms with Gasteiger partial charge in [-0.2, -0.15) is 5.26 Å². The number of carbonyl (C=O) groups is 2. The highest BCUT2D eigenvalue weighted by Gasteiger charge is 2.18. The summed E-state index contributed by atoms with van der Waals surface area (Å²) in [7, 11) is 0. The summed E-state index contributed by atoms with van der Waals surface area (Å²) in [6.45, 7) is 2.04. The van der Waals surface area contributed by atoms with Crippen molar-refractivity contribution in [3.63, 3.8) is 0 Å². The average molecular weight is 403 g/mol. The zero-order chi connectivity index (χ0) is 20.5. The van der Waals surface area contributed by atoms with Crippen LogP contribution in [0.4, 0.5) is 15.9 Å². The lowest BCUT2D eigenvalue weighted by Crippen LogP contribution is -2.33. The van der Waals surface area contributed by atoms with Crippen molar-refractivity contribution < 1.29 is 18.7 Å². The predicted octanol–water partition coefficient (Wildman–Crippen LogP) is 2.41. The number of thioether (sulfide) groups is 1. The minimum Gasteiger partial charge on any atom is -0.462 e. The van der Waals surface area contributed by atoms with Gasteiger partial charge in [0.2, 0.25) is 5.91 Å². The summed E-state index contributed by atoms with van der Waals surface area (Å²) < 4.78 is 18.0. The van der Waals surface area contributed by atoms with E-state index in [1.165, 1.54) is 35.4 Å². The number of anilines is 2. The van der Waals surface area contributed by atoms with Gasteiger partial charge in [-0.3, -0.25) is 4.79 Å². The van der Waals surface area contributed by atoms with Gasteiger partial charge in [-0.15, -0.1) is 0 Å². The molecule has 0 radical (unpaired) electrons. The second kappa shape index (κ2) is 10.2.